The summed E-state index contributed by atoms with van der Waals surface area (Å²) in [6, 6.07) is 17.9. The molecule has 0 saturated carbocycles. The number of nitrogens with one attached hydrogen (secondary N) is 3. The Balaban J connectivity index is 1.58. The molecule has 4 rings (SSSR count). The number of hydrogen-bond donors (Lipinski definition) is 3. The van der Waals surface area contributed by atoms with Crippen molar-refractivity contribution in [3.63, 3.8) is 0 Å². The van der Waals surface area contributed by atoms with Crippen molar-refractivity contribution in [3.8, 4) is 11.4 Å². The fourth-order valence-electron chi connectivity index (χ4n) is 3.00. The van der Waals surface area contributed by atoms with Gasteiger partial charge in [0.1, 0.15) is 0 Å². The summed E-state index contributed by atoms with van der Waals surface area (Å²) < 4.78 is 28.4. The molecule has 0 aliphatic heterocycles. The molecule has 32 heavy (non-hydrogen) atoms. The van der Waals surface area contributed by atoms with Crippen LogP contribution in [0, 0.1) is 6.92 Å². The van der Waals surface area contributed by atoms with Gasteiger partial charge in [0.05, 0.1) is 15.6 Å². The van der Waals surface area contributed by atoms with Crippen LogP contribution in [0.25, 0.3) is 11.4 Å². The summed E-state index contributed by atoms with van der Waals surface area (Å²) in [5, 5.41) is 16.7. The number of tetrazole rings is 1. The number of H-pyrrole nitrogens is 1. The van der Waals surface area contributed by atoms with Gasteiger partial charge in [-0.2, -0.15) is 5.21 Å². The molecule has 0 atom stereocenters. The van der Waals surface area contributed by atoms with Crippen LogP contribution in [0.15, 0.2) is 71.6 Å². The molecule has 1 heterocycles. The van der Waals surface area contributed by atoms with E-state index in [-0.39, 0.29) is 15.6 Å². The van der Waals surface area contributed by atoms with Gasteiger partial charge in [-0.3, -0.25) is 9.52 Å². The van der Waals surface area contributed by atoms with E-state index in [4.69, 9.17) is 11.6 Å². The number of hydrogen-bond acceptors (Lipinski definition) is 6. The van der Waals surface area contributed by atoms with E-state index < -0.39 is 15.9 Å². The van der Waals surface area contributed by atoms with Crippen molar-refractivity contribution in [2.24, 2.45) is 0 Å². The van der Waals surface area contributed by atoms with Crippen LogP contribution in [-0.2, 0) is 10.0 Å². The number of halogens is 1. The maximum atomic E-state index is 13.0. The summed E-state index contributed by atoms with van der Waals surface area (Å²) in [7, 11) is -3.94. The topological polar surface area (TPSA) is 130 Å². The average Bonchev–Trinajstić information content (AvgIpc) is 3.31. The monoisotopic (exact) mass is 468 g/mol. The molecule has 0 fully saturated rings. The Morgan fingerprint density at radius 2 is 1.84 bits per heavy atom. The van der Waals surface area contributed by atoms with Crippen molar-refractivity contribution in [2.45, 2.75) is 11.8 Å². The van der Waals surface area contributed by atoms with Crippen molar-refractivity contribution in [2.75, 3.05) is 10.0 Å². The lowest BCUT2D eigenvalue weighted by molar-refractivity contribution is 0.102. The van der Waals surface area contributed by atoms with E-state index in [1.54, 1.807) is 67.6 Å². The summed E-state index contributed by atoms with van der Waals surface area (Å²) in [5.41, 5.74) is 2.07. The highest BCUT2D eigenvalue weighted by Crippen LogP contribution is 2.27. The number of rotatable bonds is 6. The molecule has 0 bridgehead atoms. The number of aromatic amines is 1. The summed E-state index contributed by atoms with van der Waals surface area (Å²) in [4.78, 5) is 12.8. The number of amides is 1. The van der Waals surface area contributed by atoms with Gasteiger partial charge in [0.15, 0.2) is 0 Å². The van der Waals surface area contributed by atoms with Crippen LogP contribution in [0.3, 0.4) is 0 Å². The van der Waals surface area contributed by atoms with E-state index in [0.29, 0.717) is 28.2 Å². The van der Waals surface area contributed by atoms with Gasteiger partial charge in [0, 0.05) is 16.8 Å². The van der Waals surface area contributed by atoms with Gasteiger partial charge in [-0.05, 0) is 54.1 Å². The van der Waals surface area contributed by atoms with E-state index in [0.717, 1.165) is 0 Å². The number of para-hydroxylation sites is 1. The molecule has 4 aromatic rings. The highest BCUT2D eigenvalue weighted by molar-refractivity contribution is 7.92. The average molecular weight is 469 g/mol. The van der Waals surface area contributed by atoms with E-state index in [2.05, 4.69) is 30.7 Å². The lowest BCUT2D eigenvalue weighted by atomic mass is 10.1. The molecular formula is C21H17ClN6O3S. The van der Waals surface area contributed by atoms with E-state index in [1.165, 1.54) is 6.07 Å². The van der Waals surface area contributed by atoms with Gasteiger partial charge in [0.25, 0.3) is 15.9 Å². The molecule has 162 valence electrons. The van der Waals surface area contributed by atoms with Crippen LogP contribution in [0.5, 0.6) is 0 Å². The molecule has 0 aliphatic rings. The van der Waals surface area contributed by atoms with E-state index in [1.807, 2.05) is 0 Å². The summed E-state index contributed by atoms with van der Waals surface area (Å²) >= 11 is 6.08. The molecule has 0 unspecified atom stereocenters. The fourth-order valence-corrected chi connectivity index (χ4v) is 4.59. The molecule has 0 saturated heterocycles. The van der Waals surface area contributed by atoms with Crippen LogP contribution in [0.4, 0.5) is 11.4 Å². The second-order valence-electron chi connectivity index (χ2n) is 6.84. The Labute approximate surface area is 188 Å². The number of aryl methyl sites for hydroxylation is 1. The van der Waals surface area contributed by atoms with Gasteiger partial charge in [0.2, 0.25) is 5.82 Å². The number of anilines is 2. The maximum Gasteiger partial charge on any atom is 0.262 e. The third-order valence-corrected chi connectivity index (χ3v) is 6.42. The number of aromatic nitrogens is 4. The molecular weight excluding hydrogens is 452 g/mol. The summed E-state index contributed by atoms with van der Waals surface area (Å²) in [6.07, 6.45) is 0. The zero-order valence-electron chi connectivity index (χ0n) is 16.7. The lowest BCUT2D eigenvalue weighted by Gasteiger charge is -2.13. The minimum Gasteiger partial charge on any atom is -0.322 e. The van der Waals surface area contributed by atoms with Crippen molar-refractivity contribution in [1.29, 1.82) is 0 Å². The van der Waals surface area contributed by atoms with Gasteiger partial charge in [-0.15, -0.1) is 10.2 Å². The molecule has 3 aromatic carbocycles. The minimum absolute atomic E-state index is 0.0239. The number of carbonyl (C=O) groups excluding carboxylic acids is 1. The zero-order valence-corrected chi connectivity index (χ0v) is 18.3. The predicted molar refractivity (Wildman–Crippen MR) is 121 cm³/mol. The highest BCUT2D eigenvalue weighted by Gasteiger charge is 2.19. The Morgan fingerprint density at radius 1 is 1.03 bits per heavy atom. The molecule has 0 spiro atoms. The second kappa shape index (κ2) is 8.77. The van der Waals surface area contributed by atoms with Crippen molar-refractivity contribution in [1.82, 2.24) is 20.6 Å². The number of benzene rings is 3. The smallest absolute Gasteiger partial charge is 0.262 e. The van der Waals surface area contributed by atoms with E-state index in [9.17, 15) is 13.2 Å². The number of sulfonamides is 1. The largest absolute Gasteiger partial charge is 0.322 e. The fraction of sp³-hybridized carbons (Fsp3) is 0.0476. The third-order valence-electron chi connectivity index (χ3n) is 4.58. The lowest BCUT2D eigenvalue weighted by Crippen LogP contribution is -2.16. The Bertz CT molecular complexity index is 1390. The van der Waals surface area contributed by atoms with Gasteiger partial charge < -0.3 is 5.32 Å². The Kier molecular flexibility index (Phi) is 5.89. The normalized spacial score (nSPS) is 11.2. The predicted octanol–water partition coefficient (Wildman–Crippen LogP) is 3.88. The Morgan fingerprint density at radius 3 is 2.59 bits per heavy atom. The second-order valence-corrected chi connectivity index (χ2v) is 8.89. The molecule has 1 amide bonds. The summed E-state index contributed by atoms with van der Waals surface area (Å²) in [5.74, 6) is -0.0596. The highest BCUT2D eigenvalue weighted by atomic mass is 35.5. The molecule has 9 nitrogen and oxygen atoms in total. The molecule has 0 aliphatic carbocycles. The first-order valence-corrected chi connectivity index (χ1v) is 11.2. The molecule has 0 radical (unpaired) electrons. The van der Waals surface area contributed by atoms with Gasteiger partial charge in [-0.25, -0.2) is 8.42 Å². The molecule has 1 aromatic heterocycles. The van der Waals surface area contributed by atoms with Crippen molar-refractivity contribution < 1.29 is 13.2 Å². The standard InChI is InChI=1S/C21H17ClN6O3S/c1-13-9-10-16(12-19(13)32(30,31)26-18-8-3-2-7-17(18)22)23-21(29)15-6-4-5-14(11-15)20-24-27-28-25-20/h2-12,26H,1H3,(H,23,29)(H,24,25,27,28). The first kappa shape index (κ1) is 21.5. The minimum atomic E-state index is -3.94. The van der Waals surface area contributed by atoms with Crippen LogP contribution in [0.1, 0.15) is 15.9 Å². The van der Waals surface area contributed by atoms with Crippen molar-refractivity contribution >= 4 is 38.9 Å². The molecule has 11 heteroatoms. The van der Waals surface area contributed by atoms with Crippen LogP contribution < -0.4 is 10.0 Å². The van der Waals surface area contributed by atoms with Crippen LogP contribution in [0.2, 0.25) is 5.02 Å². The third kappa shape index (κ3) is 4.61. The first-order valence-electron chi connectivity index (χ1n) is 9.37. The van der Waals surface area contributed by atoms with Crippen LogP contribution in [-0.4, -0.2) is 34.9 Å². The van der Waals surface area contributed by atoms with Crippen LogP contribution >= 0.6 is 11.6 Å². The van der Waals surface area contributed by atoms with Gasteiger partial charge >= 0.3 is 0 Å². The molecule has 3 N–H and O–H groups in total. The van der Waals surface area contributed by atoms with Crippen molar-refractivity contribution in [3.05, 3.63) is 82.9 Å². The zero-order chi connectivity index (χ0) is 22.7. The summed E-state index contributed by atoms with van der Waals surface area (Å²) in [6.45, 7) is 1.67. The first-order chi connectivity index (χ1) is 15.3. The SMILES string of the molecule is Cc1ccc(NC(=O)c2cccc(-c3nn[nH]n3)c2)cc1S(=O)(=O)Nc1ccccc1Cl. The number of carbonyl (C=O) groups is 1. The Hall–Kier alpha value is -3.76. The van der Waals surface area contributed by atoms with E-state index >= 15 is 0 Å². The maximum absolute atomic E-state index is 13.0. The van der Waals surface area contributed by atoms with Gasteiger partial charge in [-0.1, -0.05) is 41.9 Å². The quantitative estimate of drug-likeness (QED) is 0.393. The number of nitrogens with zero attached hydrogens (tertiary/aromatic N) is 3.